The van der Waals surface area contributed by atoms with Crippen molar-refractivity contribution in [1.82, 2.24) is 14.7 Å². The van der Waals surface area contributed by atoms with E-state index in [2.05, 4.69) is 20.1 Å². The lowest BCUT2D eigenvalue weighted by Crippen LogP contribution is -2.57. The number of nitrogens with zero attached hydrogens (tertiary/aromatic N) is 4. The van der Waals surface area contributed by atoms with Crippen LogP contribution in [0.3, 0.4) is 0 Å². The van der Waals surface area contributed by atoms with Crippen LogP contribution in [0.15, 0.2) is 47.5 Å². The fraction of sp³-hybridized carbons (Fsp3) is 0.417. The fourth-order valence-electron chi connectivity index (χ4n) is 5.13. The Labute approximate surface area is 203 Å². The third kappa shape index (κ3) is 4.48. The molecular weight excluding hydrogens is 461 g/mol. The number of aliphatic imine (C=N–C) groups is 1. The van der Waals surface area contributed by atoms with Gasteiger partial charge in [0.15, 0.2) is 0 Å². The highest BCUT2D eigenvalue weighted by Gasteiger charge is 2.47. The van der Waals surface area contributed by atoms with Crippen molar-refractivity contribution in [3.63, 3.8) is 0 Å². The summed E-state index contributed by atoms with van der Waals surface area (Å²) >= 11 is 12.1. The highest BCUT2D eigenvalue weighted by Crippen LogP contribution is 2.38. The number of piperazine rings is 1. The Morgan fingerprint density at radius 3 is 2.48 bits per heavy atom. The number of aliphatic hydroxyl groups is 1. The molecule has 33 heavy (non-hydrogen) atoms. The van der Waals surface area contributed by atoms with Crippen molar-refractivity contribution in [1.29, 1.82) is 0 Å². The van der Waals surface area contributed by atoms with Crippen molar-refractivity contribution in [3.05, 3.63) is 63.6 Å². The van der Waals surface area contributed by atoms with E-state index in [1.807, 2.05) is 30.0 Å². The number of nitrogens with one attached hydrogen (secondary N) is 1. The van der Waals surface area contributed by atoms with Gasteiger partial charge in [-0.1, -0.05) is 29.3 Å². The number of β-amino-alcohol motifs (C(OH)–C–C–N with tert-alkyl or cyclic N) is 1. The fourth-order valence-corrected chi connectivity index (χ4v) is 5.43. The molecule has 0 radical (unpaired) electrons. The second kappa shape index (κ2) is 8.89. The molecule has 7 nitrogen and oxygen atoms in total. The number of anilines is 1. The minimum absolute atomic E-state index is 0.0189. The van der Waals surface area contributed by atoms with Crippen LogP contribution in [-0.2, 0) is 0 Å². The monoisotopic (exact) mass is 487 g/mol. The molecule has 2 aromatic carbocycles. The second-order valence-corrected chi connectivity index (χ2v) is 10.0. The molecule has 0 spiro atoms. The van der Waals surface area contributed by atoms with E-state index in [0.29, 0.717) is 41.8 Å². The largest absolute Gasteiger partial charge is 0.387 e. The van der Waals surface area contributed by atoms with Crippen molar-refractivity contribution in [3.8, 4) is 0 Å². The van der Waals surface area contributed by atoms with E-state index in [1.54, 1.807) is 30.6 Å². The Kier molecular flexibility index (Phi) is 6.09. The molecular formula is C24H27Cl2N5O2. The highest BCUT2D eigenvalue weighted by molar-refractivity contribution is 6.31. The van der Waals surface area contributed by atoms with Crippen LogP contribution >= 0.6 is 23.2 Å². The van der Waals surface area contributed by atoms with E-state index in [9.17, 15) is 9.90 Å². The maximum atomic E-state index is 12.8. The van der Waals surface area contributed by atoms with E-state index in [1.165, 1.54) is 0 Å². The minimum Gasteiger partial charge on any atom is -0.387 e. The van der Waals surface area contributed by atoms with Crippen molar-refractivity contribution >= 4 is 41.1 Å². The van der Waals surface area contributed by atoms with E-state index in [-0.39, 0.29) is 18.1 Å². The van der Waals surface area contributed by atoms with Crippen LogP contribution in [-0.4, -0.2) is 83.0 Å². The highest BCUT2D eigenvalue weighted by atomic mass is 35.5. The third-order valence-corrected chi connectivity index (χ3v) is 7.34. The summed E-state index contributed by atoms with van der Waals surface area (Å²) in [5.74, 6) is 0.0189. The molecule has 3 heterocycles. The number of hydrogen-bond donors (Lipinski definition) is 2. The summed E-state index contributed by atoms with van der Waals surface area (Å²) in [5.41, 5.74) is 1.76. The second-order valence-electron chi connectivity index (χ2n) is 9.17. The lowest BCUT2D eigenvalue weighted by atomic mass is 9.98. The molecule has 0 aliphatic carbocycles. The summed E-state index contributed by atoms with van der Waals surface area (Å²) in [6.07, 6.45) is 1.54. The minimum atomic E-state index is -0.880. The number of amides is 1. The zero-order chi connectivity index (χ0) is 23.2. The summed E-state index contributed by atoms with van der Waals surface area (Å²) in [6.45, 7) is 5.80. The average molecular weight is 488 g/mol. The van der Waals surface area contributed by atoms with Crippen molar-refractivity contribution in [2.45, 2.75) is 24.7 Å². The van der Waals surface area contributed by atoms with Gasteiger partial charge in [-0.25, -0.2) is 0 Å². The van der Waals surface area contributed by atoms with E-state index < -0.39 is 5.60 Å². The smallest absolute Gasteiger partial charge is 0.253 e. The Balaban J connectivity index is 1.25. The number of fused-ring (bicyclic) bond motifs is 1. The first kappa shape index (κ1) is 22.6. The quantitative estimate of drug-likeness (QED) is 0.694. The van der Waals surface area contributed by atoms with Crippen molar-refractivity contribution < 1.29 is 9.90 Å². The SMILES string of the molecule is C[C@@]1(O)CN(C2N=CNc3cc(Cl)ccc32)C[C@H]1N1CCN(C(=O)c2ccc(Cl)cc2)CC1. The maximum absolute atomic E-state index is 12.8. The molecule has 0 bridgehead atoms. The van der Waals surface area contributed by atoms with Gasteiger partial charge in [0, 0.05) is 66.1 Å². The number of carbonyl (C=O) groups excluding carboxylic acids is 1. The van der Waals surface area contributed by atoms with Gasteiger partial charge in [0.2, 0.25) is 0 Å². The van der Waals surface area contributed by atoms with Gasteiger partial charge in [-0.2, -0.15) is 0 Å². The van der Waals surface area contributed by atoms with E-state index in [4.69, 9.17) is 23.2 Å². The average Bonchev–Trinajstić information content (AvgIpc) is 3.13. The van der Waals surface area contributed by atoms with Crippen LogP contribution in [0.1, 0.15) is 29.0 Å². The molecule has 0 aromatic heterocycles. The number of likely N-dealkylation sites (tertiary alicyclic amines) is 1. The summed E-state index contributed by atoms with van der Waals surface area (Å²) in [7, 11) is 0. The predicted molar refractivity (Wildman–Crippen MR) is 131 cm³/mol. The Morgan fingerprint density at radius 1 is 1.06 bits per heavy atom. The molecule has 5 rings (SSSR count). The maximum Gasteiger partial charge on any atom is 0.253 e. The van der Waals surface area contributed by atoms with E-state index >= 15 is 0 Å². The predicted octanol–water partition coefficient (Wildman–Crippen LogP) is 3.34. The zero-order valence-electron chi connectivity index (χ0n) is 18.4. The number of hydrogen-bond acceptors (Lipinski definition) is 6. The van der Waals surface area contributed by atoms with Gasteiger partial charge in [-0.3, -0.25) is 19.6 Å². The normalized spacial score (nSPS) is 27.9. The molecule has 3 atom stereocenters. The van der Waals surface area contributed by atoms with Crippen LogP contribution in [0.5, 0.6) is 0 Å². The van der Waals surface area contributed by atoms with Gasteiger partial charge in [-0.15, -0.1) is 0 Å². The molecule has 2 N–H and O–H groups in total. The molecule has 0 saturated carbocycles. The molecule has 1 amide bonds. The number of carbonyl (C=O) groups is 1. The Hall–Kier alpha value is -2.16. The van der Waals surface area contributed by atoms with Gasteiger partial charge in [0.05, 0.1) is 18.0 Å². The van der Waals surface area contributed by atoms with Crippen LogP contribution < -0.4 is 5.32 Å². The molecule has 2 saturated heterocycles. The molecule has 3 aliphatic rings. The van der Waals surface area contributed by atoms with Crippen LogP contribution in [0.4, 0.5) is 5.69 Å². The van der Waals surface area contributed by atoms with Crippen LogP contribution in [0, 0.1) is 0 Å². The summed E-state index contributed by atoms with van der Waals surface area (Å²) in [6, 6.07) is 12.7. The van der Waals surface area contributed by atoms with Gasteiger partial charge >= 0.3 is 0 Å². The van der Waals surface area contributed by atoms with Gasteiger partial charge in [0.25, 0.3) is 5.91 Å². The number of halogens is 2. The first-order valence-corrected chi connectivity index (χ1v) is 11.9. The first-order chi connectivity index (χ1) is 15.8. The summed E-state index contributed by atoms with van der Waals surface area (Å²) in [5, 5.41) is 15.8. The topological polar surface area (TPSA) is 71.4 Å². The third-order valence-electron chi connectivity index (χ3n) is 6.86. The Bertz CT molecular complexity index is 1070. The zero-order valence-corrected chi connectivity index (χ0v) is 19.9. The summed E-state index contributed by atoms with van der Waals surface area (Å²) in [4.78, 5) is 23.9. The first-order valence-electron chi connectivity index (χ1n) is 11.1. The van der Waals surface area contributed by atoms with Gasteiger partial charge < -0.3 is 15.3 Å². The molecule has 2 fully saturated rings. The van der Waals surface area contributed by atoms with Crippen molar-refractivity contribution in [2.24, 2.45) is 4.99 Å². The van der Waals surface area contributed by atoms with Crippen LogP contribution in [0.25, 0.3) is 0 Å². The lowest BCUT2D eigenvalue weighted by molar-refractivity contribution is -0.0166. The molecule has 1 unspecified atom stereocenters. The molecule has 2 aromatic rings. The van der Waals surface area contributed by atoms with Crippen molar-refractivity contribution in [2.75, 3.05) is 44.6 Å². The molecule has 174 valence electrons. The molecule has 9 heteroatoms. The summed E-state index contributed by atoms with van der Waals surface area (Å²) < 4.78 is 0. The van der Waals surface area contributed by atoms with E-state index in [0.717, 1.165) is 24.3 Å². The van der Waals surface area contributed by atoms with Gasteiger partial charge in [-0.05, 0) is 43.3 Å². The number of benzene rings is 2. The lowest BCUT2D eigenvalue weighted by Gasteiger charge is -2.41. The Morgan fingerprint density at radius 2 is 1.76 bits per heavy atom. The molecule has 3 aliphatic heterocycles. The van der Waals surface area contributed by atoms with Gasteiger partial charge in [0.1, 0.15) is 6.17 Å². The number of rotatable bonds is 3. The van der Waals surface area contributed by atoms with Crippen LogP contribution in [0.2, 0.25) is 10.0 Å². The standard InChI is InChI=1S/C24H27Cl2N5O2/c1-24(33)14-31(22-19-7-6-18(26)12-20(19)27-15-28-22)13-21(24)29-8-10-30(11-9-29)23(32)16-2-4-17(25)5-3-16/h2-7,12,15,21-22,33H,8-11,13-14H2,1H3,(H,27,28)/t21-,22?,24-/m1/s1.